The number of aromatic nitrogens is 3. The first kappa shape index (κ1) is 20.4. The van der Waals surface area contributed by atoms with E-state index in [-0.39, 0.29) is 5.82 Å². The summed E-state index contributed by atoms with van der Waals surface area (Å²) in [6.07, 6.45) is 0. The Kier molecular flexibility index (Phi) is 5.20. The van der Waals surface area contributed by atoms with Gasteiger partial charge in [-0.15, -0.1) is 0 Å². The number of pyridine rings is 1. The van der Waals surface area contributed by atoms with Gasteiger partial charge in [-0.1, -0.05) is 12.1 Å². The third-order valence-corrected chi connectivity index (χ3v) is 5.72. The molecule has 0 saturated carbocycles. The van der Waals surface area contributed by atoms with Crippen LogP contribution in [0.1, 0.15) is 5.56 Å². The van der Waals surface area contributed by atoms with Crippen LogP contribution in [-0.4, -0.2) is 34.2 Å². The van der Waals surface area contributed by atoms with Crippen LogP contribution < -0.4 is 15.4 Å². The van der Waals surface area contributed by atoms with Crippen LogP contribution in [0.25, 0.3) is 21.9 Å². The van der Waals surface area contributed by atoms with Crippen molar-refractivity contribution in [3.05, 3.63) is 84.2 Å². The van der Waals surface area contributed by atoms with E-state index in [0.29, 0.717) is 29.7 Å². The zero-order valence-electron chi connectivity index (χ0n) is 18.2. The van der Waals surface area contributed by atoms with E-state index in [9.17, 15) is 4.39 Å². The molecule has 34 heavy (non-hydrogen) atoms. The second-order valence-electron chi connectivity index (χ2n) is 8.28. The molecule has 2 aromatic heterocycles. The molecule has 7 nitrogen and oxygen atoms in total. The van der Waals surface area contributed by atoms with Gasteiger partial charge >= 0.3 is 0 Å². The van der Waals surface area contributed by atoms with E-state index in [0.717, 1.165) is 46.8 Å². The van der Waals surface area contributed by atoms with E-state index in [1.54, 1.807) is 18.2 Å². The molecule has 1 fully saturated rings. The molecule has 8 heteroatoms. The van der Waals surface area contributed by atoms with Crippen LogP contribution in [0.3, 0.4) is 0 Å². The van der Waals surface area contributed by atoms with Gasteiger partial charge in [0.15, 0.2) is 0 Å². The number of halogens is 1. The van der Waals surface area contributed by atoms with Crippen LogP contribution in [-0.2, 0) is 11.3 Å². The Labute approximate surface area is 195 Å². The van der Waals surface area contributed by atoms with Gasteiger partial charge in [0.05, 0.1) is 35.8 Å². The van der Waals surface area contributed by atoms with Crippen molar-refractivity contribution in [1.29, 1.82) is 0 Å². The second kappa shape index (κ2) is 8.64. The standard InChI is InChI=1S/C26H22FN5O2/c27-18-4-8-22-17(11-18)3-10-25(30-22)34-21-6-1-16(2-7-21)13-28-26-31-23-9-5-19(12-24(23)32-26)29-20-14-33-15-20/h1-12,20,29H,13-15H2,(H2,28,31,32). The van der Waals surface area contributed by atoms with Gasteiger partial charge in [0.25, 0.3) is 0 Å². The van der Waals surface area contributed by atoms with Crippen molar-refractivity contribution in [2.45, 2.75) is 12.6 Å². The Morgan fingerprint density at radius 1 is 0.941 bits per heavy atom. The molecular weight excluding hydrogens is 433 g/mol. The van der Waals surface area contributed by atoms with Crippen LogP contribution in [0.4, 0.5) is 16.0 Å². The van der Waals surface area contributed by atoms with Crippen molar-refractivity contribution in [2.75, 3.05) is 23.8 Å². The summed E-state index contributed by atoms with van der Waals surface area (Å²) in [5.41, 5.74) is 4.71. The normalized spacial score (nSPS) is 13.7. The van der Waals surface area contributed by atoms with Crippen molar-refractivity contribution in [2.24, 2.45) is 0 Å². The molecule has 0 bridgehead atoms. The molecule has 6 rings (SSSR count). The molecular formula is C26H22FN5O2. The van der Waals surface area contributed by atoms with Gasteiger partial charge in [0.2, 0.25) is 11.8 Å². The fraction of sp³-hybridized carbons (Fsp3) is 0.154. The molecule has 0 aliphatic carbocycles. The molecule has 1 aliphatic heterocycles. The molecule has 3 aromatic carbocycles. The van der Waals surface area contributed by atoms with Gasteiger partial charge in [-0.2, -0.15) is 0 Å². The SMILES string of the molecule is Fc1ccc2nc(Oc3ccc(CNc4nc5ccc(NC6COC6)cc5[nH]4)cc3)ccc2c1. The van der Waals surface area contributed by atoms with Gasteiger partial charge in [0, 0.05) is 23.7 Å². The number of benzene rings is 3. The minimum absolute atomic E-state index is 0.281. The summed E-state index contributed by atoms with van der Waals surface area (Å²) in [5, 5.41) is 7.52. The molecule has 3 heterocycles. The first-order valence-corrected chi connectivity index (χ1v) is 11.1. The summed E-state index contributed by atoms with van der Waals surface area (Å²) in [6, 6.07) is 22.3. The van der Waals surface area contributed by atoms with E-state index in [1.807, 2.05) is 36.4 Å². The predicted molar refractivity (Wildman–Crippen MR) is 130 cm³/mol. The second-order valence-corrected chi connectivity index (χ2v) is 8.28. The zero-order chi connectivity index (χ0) is 22.9. The molecule has 0 unspecified atom stereocenters. The first-order valence-electron chi connectivity index (χ1n) is 11.1. The molecule has 5 aromatic rings. The minimum Gasteiger partial charge on any atom is -0.439 e. The summed E-state index contributed by atoms with van der Waals surface area (Å²) in [7, 11) is 0. The molecule has 1 aliphatic rings. The lowest BCUT2D eigenvalue weighted by Gasteiger charge is -2.27. The Hall–Kier alpha value is -4.17. The lowest BCUT2D eigenvalue weighted by Crippen LogP contribution is -2.40. The highest BCUT2D eigenvalue weighted by molar-refractivity contribution is 5.81. The molecule has 0 amide bonds. The van der Waals surface area contributed by atoms with Gasteiger partial charge in [-0.3, -0.25) is 0 Å². The summed E-state index contributed by atoms with van der Waals surface area (Å²) in [6.45, 7) is 2.11. The van der Waals surface area contributed by atoms with Gasteiger partial charge in [-0.25, -0.2) is 14.4 Å². The smallest absolute Gasteiger partial charge is 0.219 e. The molecule has 0 spiro atoms. The summed E-state index contributed by atoms with van der Waals surface area (Å²) in [4.78, 5) is 12.4. The average Bonchev–Trinajstić information content (AvgIpc) is 3.23. The number of fused-ring (bicyclic) bond motifs is 2. The number of nitrogens with zero attached hydrogens (tertiary/aromatic N) is 2. The van der Waals surface area contributed by atoms with Crippen LogP contribution in [0.5, 0.6) is 11.6 Å². The maximum Gasteiger partial charge on any atom is 0.219 e. The minimum atomic E-state index is -0.281. The Morgan fingerprint density at radius 3 is 2.62 bits per heavy atom. The van der Waals surface area contributed by atoms with Crippen molar-refractivity contribution in [1.82, 2.24) is 15.0 Å². The molecule has 170 valence electrons. The number of aromatic amines is 1. The molecule has 3 N–H and O–H groups in total. The number of hydrogen-bond donors (Lipinski definition) is 3. The fourth-order valence-corrected chi connectivity index (χ4v) is 3.85. The highest BCUT2D eigenvalue weighted by atomic mass is 19.1. The fourth-order valence-electron chi connectivity index (χ4n) is 3.85. The lowest BCUT2D eigenvalue weighted by atomic mass is 10.2. The van der Waals surface area contributed by atoms with Crippen LogP contribution in [0.15, 0.2) is 72.8 Å². The molecule has 0 atom stereocenters. The number of hydrogen-bond acceptors (Lipinski definition) is 6. The maximum atomic E-state index is 13.3. The lowest BCUT2D eigenvalue weighted by molar-refractivity contribution is 0.0211. The number of imidazole rings is 1. The molecule has 1 saturated heterocycles. The van der Waals surface area contributed by atoms with E-state index < -0.39 is 0 Å². The predicted octanol–water partition coefficient (Wildman–Crippen LogP) is 5.47. The molecule has 0 radical (unpaired) electrons. The van der Waals surface area contributed by atoms with Crippen molar-refractivity contribution in [3.63, 3.8) is 0 Å². The topological polar surface area (TPSA) is 84.1 Å². The number of H-pyrrole nitrogens is 1. The van der Waals surface area contributed by atoms with Crippen molar-refractivity contribution < 1.29 is 13.9 Å². The van der Waals surface area contributed by atoms with E-state index >= 15 is 0 Å². The highest BCUT2D eigenvalue weighted by Gasteiger charge is 2.17. The van der Waals surface area contributed by atoms with Gasteiger partial charge in [0.1, 0.15) is 11.6 Å². The monoisotopic (exact) mass is 455 g/mol. The van der Waals surface area contributed by atoms with Crippen LogP contribution in [0, 0.1) is 5.82 Å². The zero-order valence-corrected chi connectivity index (χ0v) is 18.2. The Bertz CT molecular complexity index is 1460. The summed E-state index contributed by atoms with van der Waals surface area (Å²) in [5.74, 6) is 1.58. The summed E-state index contributed by atoms with van der Waals surface area (Å²) >= 11 is 0. The summed E-state index contributed by atoms with van der Waals surface area (Å²) < 4.78 is 24.4. The third kappa shape index (κ3) is 4.35. The van der Waals surface area contributed by atoms with E-state index in [1.165, 1.54) is 12.1 Å². The number of ether oxygens (including phenoxy) is 2. The van der Waals surface area contributed by atoms with Crippen LogP contribution in [0.2, 0.25) is 0 Å². The van der Waals surface area contributed by atoms with Gasteiger partial charge in [-0.05, 0) is 60.2 Å². The van der Waals surface area contributed by atoms with Crippen LogP contribution >= 0.6 is 0 Å². The highest BCUT2D eigenvalue weighted by Crippen LogP contribution is 2.24. The number of rotatable bonds is 7. The quantitative estimate of drug-likeness (QED) is 0.302. The Balaban J connectivity index is 1.08. The largest absolute Gasteiger partial charge is 0.439 e. The van der Waals surface area contributed by atoms with Gasteiger partial charge < -0.3 is 25.1 Å². The van der Waals surface area contributed by atoms with E-state index in [4.69, 9.17) is 9.47 Å². The third-order valence-electron chi connectivity index (χ3n) is 5.72. The average molecular weight is 455 g/mol. The Morgan fingerprint density at radius 2 is 1.79 bits per heavy atom. The number of nitrogens with one attached hydrogen (secondary N) is 3. The maximum absolute atomic E-state index is 13.3. The first-order chi connectivity index (χ1) is 16.7. The van der Waals surface area contributed by atoms with E-state index in [2.05, 4.69) is 31.7 Å². The van der Waals surface area contributed by atoms with Crippen molar-refractivity contribution in [3.8, 4) is 11.6 Å². The number of anilines is 2. The van der Waals surface area contributed by atoms with Crippen molar-refractivity contribution >= 4 is 33.6 Å².